The molecule has 110 valence electrons. The van der Waals surface area contributed by atoms with E-state index in [1.807, 2.05) is 6.92 Å². The van der Waals surface area contributed by atoms with Gasteiger partial charge in [0, 0.05) is 22.7 Å². The molecule has 0 amide bonds. The molecule has 5 N–H and O–H groups in total. The molecule has 1 unspecified atom stereocenters. The number of benzene rings is 1. The molecule has 0 saturated heterocycles. The van der Waals surface area contributed by atoms with Crippen molar-refractivity contribution in [3.63, 3.8) is 0 Å². The third-order valence-corrected chi connectivity index (χ3v) is 3.12. The molecule has 1 atom stereocenters. The van der Waals surface area contributed by atoms with Gasteiger partial charge in [0.05, 0.1) is 6.42 Å². The summed E-state index contributed by atoms with van der Waals surface area (Å²) in [5, 5.41) is 21.9. The molecule has 0 radical (unpaired) electrons. The number of fused-ring (bicyclic) bond motifs is 1. The van der Waals surface area contributed by atoms with Crippen molar-refractivity contribution in [2.45, 2.75) is 19.4 Å². The van der Waals surface area contributed by atoms with Crippen molar-refractivity contribution >= 4 is 34.2 Å². The van der Waals surface area contributed by atoms with E-state index in [4.69, 9.17) is 15.9 Å². The number of pyridine rings is 1. The minimum absolute atomic E-state index is 0.302. The van der Waals surface area contributed by atoms with Gasteiger partial charge in [-0.05, 0) is 18.6 Å². The van der Waals surface area contributed by atoms with Crippen LogP contribution in [0.4, 0.5) is 11.5 Å². The number of aliphatic carboxylic acids is 2. The van der Waals surface area contributed by atoms with Crippen LogP contribution in [0.5, 0.6) is 0 Å². The Kier molecular flexibility index (Phi) is 3.93. The van der Waals surface area contributed by atoms with E-state index in [1.54, 1.807) is 24.4 Å². The molecule has 0 fully saturated rings. The van der Waals surface area contributed by atoms with Crippen molar-refractivity contribution in [2.24, 2.45) is 0 Å². The van der Waals surface area contributed by atoms with Crippen LogP contribution in [0.1, 0.15) is 12.0 Å². The highest BCUT2D eigenvalue weighted by molar-refractivity contribution is 6.02. The number of nitrogens with one attached hydrogen (secondary N) is 1. The summed E-state index contributed by atoms with van der Waals surface area (Å²) >= 11 is 0. The lowest BCUT2D eigenvalue weighted by molar-refractivity contribution is -0.144. The predicted molar refractivity (Wildman–Crippen MR) is 78.2 cm³/mol. The predicted octanol–water partition coefficient (Wildman–Crippen LogP) is 1.47. The van der Waals surface area contributed by atoms with Gasteiger partial charge >= 0.3 is 11.9 Å². The normalized spacial score (nSPS) is 12.0. The molecule has 0 aliphatic rings. The number of hydrogen-bond acceptors (Lipinski definition) is 5. The standard InChI is InChI=1S/C14H15N3O4/c1-7-6-16-13(8-3-2-4-9(15)12(7)8)17-10(14(20)21)5-11(18)19/h2-4,6,10H,5,15H2,1H3,(H,16,17)(H,18,19)(H,20,21). The number of carbonyl (C=O) groups is 2. The van der Waals surface area contributed by atoms with E-state index >= 15 is 0 Å². The first-order valence-corrected chi connectivity index (χ1v) is 6.25. The number of aromatic nitrogens is 1. The van der Waals surface area contributed by atoms with Crippen LogP contribution in [0.2, 0.25) is 0 Å². The van der Waals surface area contributed by atoms with Gasteiger partial charge in [-0.15, -0.1) is 0 Å². The van der Waals surface area contributed by atoms with Crippen molar-refractivity contribution in [3.8, 4) is 0 Å². The fourth-order valence-electron chi connectivity index (χ4n) is 2.16. The van der Waals surface area contributed by atoms with Gasteiger partial charge in [0.25, 0.3) is 0 Å². The van der Waals surface area contributed by atoms with Gasteiger partial charge in [-0.1, -0.05) is 12.1 Å². The van der Waals surface area contributed by atoms with Crippen LogP contribution < -0.4 is 11.1 Å². The van der Waals surface area contributed by atoms with Crippen molar-refractivity contribution in [1.29, 1.82) is 0 Å². The Balaban J connectivity index is 2.47. The van der Waals surface area contributed by atoms with Crippen molar-refractivity contribution in [2.75, 3.05) is 11.1 Å². The van der Waals surface area contributed by atoms with E-state index in [0.717, 1.165) is 10.9 Å². The molecule has 0 saturated carbocycles. The van der Waals surface area contributed by atoms with Crippen LogP contribution in [0, 0.1) is 6.92 Å². The first-order chi connectivity index (χ1) is 9.90. The van der Waals surface area contributed by atoms with Crippen LogP contribution in [-0.4, -0.2) is 33.2 Å². The number of carboxylic acid groups (broad SMARTS) is 2. The third kappa shape index (κ3) is 3.02. The van der Waals surface area contributed by atoms with Gasteiger partial charge in [0.2, 0.25) is 0 Å². The van der Waals surface area contributed by atoms with Gasteiger partial charge in [-0.2, -0.15) is 0 Å². The van der Waals surface area contributed by atoms with Crippen molar-refractivity contribution < 1.29 is 19.8 Å². The number of carboxylic acids is 2. The molecule has 7 nitrogen and oxygen atoms in total. The van der Waals surface area contributed by atoms with Crippen LogP contribution in [0.15, 0.2) is 24.4 Å². The molecular formula is C14H15N3O4. The van der Waals surface area contributed by atoms with E-state index in [-0.39, 0.29) is 0 Å². The number of anilines is 2. The summed E-state index contributed by atoms with van der Waals surface area (Å²) in [7, 11) is 0. The maximum Gasteiger partial charge on any atom is 0.326 e. The van der Waals surface area contributed by atoms with E-state index in [0.29, 0.717) is 16.9 Å². The van der Waals surface area contributed by atoms with Crippen molar-refractivity contribution in [3.05, 3.63) is 30.0 Å². The van der Waals surface area contributed by atoms with Gasteiger partial charge in [-0.3, -0.25) is 4.79 Å². The molecule has 0 aliphatic heterocycles. The minimum atomic E-state index is -1.26. The topological polar surface area (TPSA) is 126 Å². The van der Waals surface area contributed by atoms with Gasteiger partial charge < -0.3 is 21.3 Å². The zero-order valence-corrected chi connectivity index (χ0v) is 11.3. The summed E-state index contributed by atoms with van der Waals surface area (Å²) in [5.41, 5.74) is 7.35. The highest BCUT2D eigenvalue weighted by Crippen LogP contribution is 2.29. The number of rotatable bonds is 5. The summed E-state index contributed by atoms with van der Waals surface area (Å²) in [6.45, 7) is 1.85. The average Bonchev–Trinajstić information content (AvgIpc) is 2.40. The zero-order valence-electron chi connectivity index (χ0n) is 11.3. The number of nitrogens with zero attached hydrogens (tertiary/aromatic N) is 1. The van der Waals surface area contributed by atoms with E-state index in [9.17, 15) is 9.59 Å². The summed E-state index contributed by atoms with van der Waals surface area (Å²) < 4.78 is 0. The highest BCUT2D eigenvalue weighted by Gasteiger charge is 2.22. The summed E-state index contributed by atoms with van der Waals surface area (Å²) in [6.07, 6.45) is 1.02. The van der Waals surface area contributed by atoms with Crippen molar-refractivity contribution in [1.82, 2.24) is 4.98 Å². The van der Waals surface area contributed by atoms with Crippen LogP contribution in [-0.2, 0) is 9.59 Å². The fourth-order valence-corrected chi connectivity index (χ4v) is 2.16. The lowest BCUT2D eigenvalue weighted by Crippen LogP contribution is -2.32. The third-order valence-electron chi connectivity index (χ3n) is 3.12. The maximum absolute atomic E-state index is 11.1. The average molecular weight is 289 g/mol. The smallest absolute Gasteiger partial charge is 0.326 e. The second kappa shape index (κ2) is 5.66. The van der Waals surface area contributed by atoms with Gasteiger partial charge in [0.15, 0.2) is 0 Å². The van der Waals surface area contributed by atoms with E-state index in [2.05, 4.69) is 10.3 Å². The summed E-state index contributed by atoms with van der Waals surface area (Å²) in [6, 6.07) is 3.97. The zero-order chi connectivity index (χ0) is 15.6. The molecule has 1 heterocycles. The second-order valence-corrected chi connectivity index (χ2v) is 4.69. The van der Waals surface area contributed by atoms with Crippen LogP contribution in [0.25, 0.3) is 10.8 Å². The first-order valence-electron chi connectivity index (χ1n) is 6.25. The van der Waals surface area contributed by atoms with Gasteiger partial charge in [-0.25, -0.2) is 9.78 Å². The number of nitrogen functional groups attached to an aromatic ring is 1. The molecule has 0 bridgehead atoms. The molecule has 7 heteroatoms. The monoisotopic (exact) mass is 289 g/mol. The molecule has 2 rings (SSSR count). The molecule has 1 aromatic carbocycles. The van der Waals surface area contributed by atoms with E-state index in [1.165, 1.54) is 0 Å². The Bertz CT molecular complexity index is 706. The molecule has 2 aromatic rings. The Labute approximate surface area is 120 Å². The largest absolute Gasteiger partial charge is 0.481 e. The molecule has 0 spiro atoms. The fraction of sp³-hybridized carbons (Fsp3) is 0.214. The Morgan fingerprint density at radius 3 is 2.71 bits per heavy atom. The molecular weight excluding hydrogens is 274 g/mol. The van der Waals surface area contributed by atoms with Gasteiger partial charge in [0.1, 0.15) is 11.9 Å². The lowest BCUT2D eigenvalue weighted by atomic mass is 10.1. The molecule has 21 heavy (non-hydrogen) atoms. The summed E-state index contributed by atoms with van der Waals surface area (Å²) in [5.74, 6) is -2.15. The Morgan fingerprint density at radius 1 is 1.38 bits per heavy atom. The quantitative estimate of drug-likeness (QED) is 0.614. The number of aryl methyl sites for hydroxylation is 1. The second-order valence-electron chi connectivity index (χ2n) is 4.69. The minimum Gasteiger partial charge on any atom is -0.481 e. The number of hydrogen-bond donors (Lipinski definition) is 4. The SMILES string of the molecule is Cc1cnc(NC(CC(=O)O)C(=O)O)c2cccc(N)c12. The van der Waals surface area contributed by atoms with Crippen LogP contribution >= 0.6 is 0 Å². The Hall–Kier alpha value is -2.83. The highest BCUT2D eigenvalue weighted by atomic mass is 16.4. The Morgan fingerprint density at radius 2 is 2.10 bits per heavy atom. The molecule has 1 aromatic heterocycles. The maximum atomic E-state index is 11.1. The number of nitrogens with two attached hydrogens (primary N) is 1. The lowest BCUT2D eigenvalue weighted by Gasteiger charge is -2.16. The van der Waals surface area contributed by atoms with E-state index < -0.39 is 24.4 Å². The first kappa shape index (κ1) is 14.6. The van der Waals surface area contributed by atoms with Crippen LogP contribution in [0.3, 0.4) is 0 Å². The summed E-state index contributed by atoms with van der Waals surface area (Å²) in [4.78, 5) is 26.0. The molecule has 0 aliphatic carbocycles.